The van der Waals surface area contributed by atoms with E-state index in [0.29, 0.717) is 18.8 Å². The van der Waals surface area contributed by atoms with Crippen molar-refractivity contribution in [1.29, 1.82) is 0 Å². The Morgan fingerprint density at radius 2 is 2.09 bits per heavy atom. The first-order chi connectivity index (χ1) is 15.4. The minimum Gasteiger partial charge on any atom is -0.483 e. The van der Waals surface area contributed by atoms with Crippen LogP contribution in [-0.2, 0) is 44.2 Å². The number of hydrogen-bond donors (Lipinski definition) is 0. The zero-order chi connectivity index (χ0) is 22.3. The van der Waals surface area contributed by atoms with Crippen LogP contribution in [-0.4, -0.2) is 32.8 Å². The zero-order valence-electron chi connectivity index (χ0n) is 18.9. The molecule has 3 heterocycles. The summed E-state index contributed by atoms with van der Waals surface area (Å²) in [7, 11) is 1.98. The standard InChI is InChI=1S/C25H29N3O4/c1-25(2)13-17-7-4-11-22(24(17)32-25)31-16-23(29)28(14-18-8-6-12-30-18)15-20-19-9-5-10-21(19)27(3)26-20/h4,6-8,11-12H,5,9-10,13-16H2,1-3H3. The van der Waals surface area contributed by atoms with Gasteiger partial charge in [-0.3, -0.25) is 9.48 Å². The molecular weight excluding hydrogens is 406 g/mol. The monoisotopic (exact) mass is 435 g/mol. The van der Waals surface area contributed by atoms with Gasteiger partial charge < -0.3 is 18.8 Å². The molecule has 0 saturated heterocycles. The first-order valence-electron chi connectivity index (χ1n) is 11.2. The minimum atomic E-state index is -0.267. The molecule has 1 aliphatic heterocycles. The number of benzene rings is 1. The molecule has 2 aliphatic rings. The molecule has 0 bridgehead atoms. The maximum absolute atomic E-state index is 13.3. The predicted octanol–water partition coefficient (Wildman–Crippen LogP) is 3.82. The summed E-state index contributed by atoms with van der Waals surface area (Å²) >= 11 is 0. The number of ether oxygens (including phenoxy) is 2. The summed E-state index contributed by atoms with van der Waals surface area (Å²) in [5.41, 5.74) is 4.36. The molecule has 1 amide bonds. The largest absolute Gasteiger partial charge is 0.483 e. The highest BCUT2D eigenvalue weighted by Gasteiger charge is 2.32. The lowest BCUT2D eigenvalue weighted by Gasteiger charge is -2.22. The third kappa shape index (κ3) is 3.99. The van der Waals surface area contributed by atoms with E-state index in [2.05, 4.69) is 13.8 Å². The second-order valence-corrected chi connectivity index (χ2v) is 9.25. The molecule has 3 aromatic rings. The van der Waals surface area contributed by atoms with E-state index in [-0.39, 0.29) is 18.1 Å². The summed E-state index contributed by atoms with van der Waals surface area (Å²) in [6.45, 7) is 4.84. The van der Waals surface area contributed by atoms with Gasteiger partial charge in [-0.15, -0.1) is 0 Å². The smallest absolute Gasteiger partial charge is 0.261 e. The number of furan rings is 1. The summed E-state index contributed by atoms with van der Waals surface area (Å²) in [5, 5.41) is 4.70. The Morgan fingerprint density at radius 3 is 2.91 bits per heavy atom. The molecule has 7 nitrogen and oxygen atoms in total. The van der Waals surface area contributed by atoms with Crippen molar-refractivity contribution in [3.8, 4) is 11.5 Å². The molecule has 0 saturated carbocycles. The molecule has 2 aromatic heterocycles. The zero-order valence-corrected chi connectivity index (χ0v) is 18.9. The summed E-state index contributed by atoms with van der Waals surface area (Å²) in [6.07, 6.45) is 5.64. The molecule has 0 radical (unpaired) electrons. The number of amides is 1. The average Bonchev–Trinajstić information content (AvgIpc) is 3.51. The number of rotatable bonds is 7. The number of para-hydroxylation sites is 1. The number of aromatic nitrogens is 2. The van der Waals surface area contributed by atoms with Gasteiger partial charge in [0.1, 0.15) is 11.4 Å². The molecule has 0 atom stereocenters. The Balaban J connectivity index is 1.33. The second-order valence-electron chi connectivity index (χ2n) is 9.25. The molecule has 7 heteroatoms. The Bertz CT molecular complexity index is 1130. The highest BCUT2D eigenvalue weighted by atomic mass is 16.5. The summed E-state index contributed by atoms with van der Waals surface area (Å²) in [4.78, 5) is 15.0. The Hall–Kier alpha value is -3.22. The maximum Gasteiger partial charge on any atom is 0.261 e. The van der Waals surface area contributed by atoms with Gasteiger partial charge in [-0.1, -0.05) is 12.1 Å². The van der Waals surface area contributed by atoms with Crippen LogP contribution in [0.2, 0.25) is 0 Å². The van der Waals surface area contributed by atoms with E-state index < -0.39 is 0 Å². The average molecular weight is 436 g/mol. The summed E-state index contributed by atoms with van der Waals surface area (Å²) in [6, 6.07) is 9.56. The van der Waals surface area contributed by atoms with Crippen molar-refractivity contribution in [2.24, 2.45) is 7.05 Å². The van der Waals surface area contributed by atoms with Crippen LogP contribution in [0.25, 0.3) is 0 Å². The lowest BCUT2D eigenvalue weighted by molar-refractivity contribution is -0.135. The van der Waals surface area contributed by atoms with Crippen molar-refractivity contribution in [2.75, 3.05) is 6.61 Å². The molecule has 0 spiro atoms. The van der Waals surface area contributed by atoms with Crippen molar-refractivity contribution in [3.05, 3.63) is 64.9 Å². The maximum atomic E-state index is 13.3. The Labute approximate surface area is 187 Å². The quantitative estimate of drug-likeness (QED) is 0.564. The van der Waals surface area contributed by atoms with E-state index in [1.54, 1.807) is 11.2 Å². The predicted molar refractivity (Wildman–Crippen MR) is 119 cm³/mol. The van der Waals surface area contributed by atoms with Crippen molar-refractivity contribution in [1.82, 2.24) is 14.7 Å². The number of carbonyl (C=O) groups excluding carboxylic acids is 1. The lowest BCUT2D eigenvalue weighted by atomic mass is 10.0. The van der Waals surface area contributed by atoms with Gasteiger partial charge in [0, 0.05) is 24.7 Å². The molecule has 5 rings (SSSR count). The summed E-state index contributed by atoms with van der Waals surface area (Å²) in [5.74, 6) is 1.97. The van der Waals surface area contributed by atoms with Crippen molar-refractivity contribution in [2.45, 2.75) is 58.2 Å². The lowest BCUT2D eigenvalue weighted by Crippen LogP contribution is -2.34. The van der Waals surface area contributed by atoms with Gasteiger partial charge in [0.05, 0.1) is 25.0 Å². The highest BCUT2D eigenvalue weighted by Crippen LogP contribution is 2.41. The Kier molecular flexibility index (Phi) is 5.19. The minimum absolute atomic E-state index is 0.0734. The first-order valence-corrected chi connectivity index (χ1v) is 11.2. The van der Waals surface area contributed by atoms with Crippen LogP contribution in [0.15, 0.2) is 41.0 Å². The molecule has 0 N–H and O–H groups in total. The molecule has 1 aliphatic carbocycles. The molecule has 0 unspecified atom stereocenters. The van der Waals surface area contributed by atoms with Crippen molar-refractivity contribution in [3.63, 3.8) is 0 Å². The number of nitrogens with zero attached hydrogens (tertiary/aromatic N) is 3. The van der Waals surface area contributed by atoms with Gasteiger partial charge in [-0.05, 0) is 56.9 Å². The summed E-state index contributed by atoms with van der Waals surface area (Å²) < 4.78 is 19.5. The molecule has 168 valence electrons. The van der Waals surface area contributed by atoms with Crippen molar-refractivity contribution >= 4 is 5.91 Å². The van der Waals surface area contributed by atoms with Crippen LogP contribution >= 0.6 is 0 Å². The van der Waals surface area contributed by atoms with E-state index >= 15 is 0 Å². The van der Waals surface area contributed by atoms with Gasteiger partial charge >= 0.3 is 0 Å². The SMILES string of the molecule is Cn1nc(CN(Cc2ccco2)C(=O)COc2cccc3c2OC(C)(C)C3)c2c1CCC2. The van der Waals surface area contributed by atoms with Gasteiger partial charge in [0.25, 0.3) is 5.91 Å². The second kappa shape index (κ2) is 8.04. The van der Waals surface area contributed by atoms with Crippen LogP contribution < -0.4 is 9.47 Å². The number of carbonyl (C=O) groups is 1. The molecule has 1 aromatic carbocycles. The van der Waals surface area contributed by atoms with E-state index in [1.807, 2.05) is 42.1 Å². The van der Waals surface area contributed by atoms with Crippen molar-refractivity contribution < 1.29 is 18.7 Å². The third-order valence-electron chi connectivity index (χ3n) is 6.22. The van der Waals surface area contributed by atoms with Gasteiger partial charge in [0.2, 0.25) is 0 Å². The fourth-order valence-corrected chi connectivity index (χ4v) is 4.76. The number of hydrogen-bond acceptors (Lipinski definition) is 5. The van der Waals surface area contributed by atoms with E-state index in [4.69, 9.17) is 19.0 Å². The molecule has 32 heavy (non-hydrogen) atoms. The van der Waals surface area contributed by atoms with E-state index in [9.17, 15) is 4.79 Å². The number of fused-ring (bicyclic) bond motifs is 2. The highest BCUT2D eigenvalue weighted by molar-refractivity contribution is 5.78. The first kappa shape index (κ1) is 20.7. The fraction of sp³-hybridized carbons (Fsp3) is 0.440. The normalized spacial score (nSPS) is 15.8. The topological polar surface area (TPSA) is 69.7 Å². The van der Waals surface area contributed by atoms with Gasteiger partial charge in [0.15, 0.2) is 18.1 Å². The molecule has 0 fully saturated rings. The van der Waals surface area contributed by atoms with Crippen LogP contribution in [0, 0.1) is 0 Å². The van der Waals surface area contributed by atoms with Gasteiger partial charge in [-0.25, -0.2) is 0 Å². The third-order valence-corrected chi connectivity index (χ3v) is 6.22. The van der Waals surface area contributed by atoms with Gasteiger partial charge in [-0.2, -0.15) is 5.10 Å². The Morgan fingerprint density at radius 1 is 1.22 bits per heavy atom. The van der Waals surface area contributed by atoms with E-state index in [0.717, 1.165) is 48.5 Å². The number of aryl methyl sites for hydroxylation is 1. The van der Waals surface area contributed by atoms with E-state index in [1.165, 1.54) is 11.3 Å². The van der Waals surface area contributed by atoms with Crippen LogP contribution in [0.1, 0.15) is 48.5 Å². The molecular formula is C25H29N3O4. The fourth-order valence-electron chi connectivity index (χ4n) is 4.76. The van der Waals surface area contributed by atoms with Crippen LogP contribution in [0.3, 0.4) is 0 Å². The van der Waals surface area contributed by atoms with Crippen LogP contribution in [0.4, 0.5) is 0 Å². The van der Waals surface area contributed by atoms with Crippen LogP contribution in [0.5, 0.6) is 11.5 Å².